The molecule has 174 valence electrons. The molecule has 1 saturated heterocycles. The van der Waals surface area contributed by atoms with Crippen LogP contribution >= 0.6 is 11.3 Å². The van der Waals surface area contributed by atoms with Crippen LogP contribution in [-0.2, 0) is 11.3 Å². The second kappa shape index (κ2) is 10.6. The molecule has 1 aliphatic rings. The van der Waals surface area contributed by atoms with Crippen LogP contribution in [0.25, 0.3) is 11.3 Å². The highest BCUT2D eigenvalue weighted by molar-refractivity contribution is 7.07. The van der Waals surface area contributed by atoms with Gasteiger partial charge in [0.05, 0.1) is 32.7 Å². The summed E-state index contributed by atoms with van der Waals surface area (Å²) in [5.74, 6) is 2.55. The molecule has 0 spiro atoms. The first-order valence-electron chi connectivity index (χ1n) is 11.0. The van der Waals surface area contributed by atoms with Gasteiger partial charge in [0, 0.05) is 43.1 Å². The van der Waals surface area contributed by atoms with Gasteiger partial charge in [0.25, 0.3) is 0 Å². The summed E-state index contributed by atoms with van der Waals surface area (Å²) >= 11 is 1.57. The van der Waals surface area contributed by atoms with Gasteiger partial charge in [-0.05, 0) is 43.2 Å². The van der Waals surface area contributed by atoms with Crippen molar-refractivity contribution in [1.29, 1.82) is 0 Å². The summed E-state index contributed by atoms with van der Waals surface area (Å²) in [6.45, 7) is 2.32. The normalized spacial score (nSPS) is 14.1. The van der Waals surface area contributed by atoms with Crippen LogP contribution in [0.1, 0.15) is 19.3 Å². The highest BCUT2D eigenvalue weighted by atomic mass is 32.1. The Kier molecular flexibility index (Phi) is 7.34. The number of aromatic nitrogens is 1. The molecule has 4 rings (SSSR count). The van der Waals surface area contributed by atoms with Gasteiger partial charge in [-0.15, -0.1) is 11.3 Å². The molecular formula is C25H29N3O4S. The third-order valence-electron chi connectivity index (χ3n) is 5.74. The van der Waals surface area contributed by atoms with Crippen LogP contribution in [0, 0.1) is 0 Å². The number of nitrogens with zero attached hydrogens (tertiary/aromatic N) is 3. The van der Waals surface area contributed by atoms with Crippen molar-refractivity contribution in [2.24, 2.45) is 4.99 Å². The van der Waals surface area contributed by atoms with E-state index in [-0.39, 0.29) is 5.91 Å². The largest absolute Gasteiger partial charge is 0.497 e. The smallest absolute Gasteiger partial charge is 0.222 e. The predicted molar refractivity (Wildman–Crippen MR) is 129 cm³/mol. The summed E-state index contributed by atoms with van der Waals surface area (Å²) in [5, 5.41) is 2.09. The van der Waals surface area contributed by atoms with E-state index in [1.807, 2.05) is 47.4 Å². The number of carbonyl (C=O) groups excluding carboxylic acids is 1. The minimum atomic E-state index is 0.251. The Morgan fingerprint density at radius 2 is 1.82 bits per heavy atom. The third-order valence-corrected chi connectivity index (χ3v) is 6.60. The molecule has 1 aliphatic heterocycles. The molecule has 0 radical (unpaired) electrons. The summed E-state index contributed by atoms with van der Waals surface area (Å²) in [5.41, 5.74) is 2.77. The SMILES string of the molecule is COc1cccc(N=c2scc(-c3cc(OC)ccc3OC)n2CCCN2CCCC2=O)c1. The zero-order chi connectivity index (χ0) is 23.2. The van der Waals surface area contributed by atoms with Crippen molar-refractivity contribution in [1.82, 2.24) is 9.47 Å². The average molecular weight is 468 g/mol. The van der Waals surface area contributed by atoms with Crippen LogP contribution in [-0.4, -0.2) is 49.8 Å². The molecule has 0 N–H and O–H groups in total. The maximum atomic E-state index is 12.0. The standard InChI is InChI=1S/C25H29N3O4S/c1-30-19-8-4-7-18(15-19)26-25-28(14-6-13-27-12-5-9-24(27)29)22(17-33-25)21-16-20(31-2)10-11-23(21)32-3/h4,7-8,10-11,15-17H,5-6,9,12-14H2,1-3H3. The Morgan fingerprint density at radius 1 is 1.00 bits per heavy atom. The maximum absolute atomic E-state index is 12.0. The number of thiazole rings is 1. The van der Waals surface area contributed by atoms with Gasteiger partial charge in [-0.25, -0.2) is 4.99 Å². The van der Waals surface area contributed by atoms with E-state index in [4.69, 9.17) is 19.2 Å². The number of hydrogen-bond donors (Lipinski definition) is 0. The highest BCUT2D eigenvalue weighted by Gasteiger charge is 2.20. The van der Waals surface area contributed by atoms with E-state index in [0.29, 0.717) is 6.42 Å². The summed E-state index contributed by atoms with van der Waals surface area (Å²) in [6.07, 6.45) is 2.45. The molecule has 0 bridgehead atoms. The Labute approximate surface area is 197 Å². The Bertz CT molecular complexity index is 1180. The van der Waals surface area contributed by atoms with E-state index in [1.165, 1.54) is 0 Å². The molecule has 33 heavy (non-hydrogen) atoms. The zero-order valence-corrected chi connectivity index (χ0v) is 20.1. The van der Waals surface area contributed by atoms with Crippen LogP contribution in [0.2, 0.25) is 0 Å². The Morgan fingerprint density at radius 3 is 2.55 bits per heavy atom. The first-order chi connectivity index (χ1) is 16.1. The minimum Gasteiger partial charge on any atom is -0.497 e. The molecule has 0 atom stereocenters. The number of ether oxygens (including phenoxy) is 3. The summed E-state index contributed by atoms with van der Waals surface area (Å²) in [7, 11) is 4.98. The van der Waals surface area contributed by atoms with Gasteiger partial charge in [0.15, 0.2) is 4.80 Å². The second-order valence-corrected chi connectivity index (χ2v) is 8.61. The van der Waals surface area contributed by atoms with Crippen LogP contribution in [0.3, 0.4) is 0 Å². The van der Waals surface area contributed by atoms with Gasteiger partial charge in [-0.1, -0.05) is 6.07 Å². The van der Waals surface area contributed by atoms with Crippen LogP contribution in [0.15, 0.2) is 52.8 Å². The minimum absolute atomic E-state index is 0.251. The van der Waals surface area contributed by atoms with E-state index in [1.54, 1.807) is 32.7 Å². The van der Waals surface area contributed by atoms with Gasteiger partial charge >= 0.3 is 0 Å². The van der Waals surface area contributed by atoms with Crippen molar-refractivity contribution < 1.29 is 19.0 Å². The van der Waals surface area contributed by atoms with Crippen molar-refractivity contribution in [3.63, 3.8) is 0 Å². The van der Waals surface area contributed by atoms with E-state index in [2.05, 4.69) is 9.95 Å². The lowest BCUT2D eigenvalue weighted by atomic mass is 10.1. The number of amides is 1. The van der Waals surface area contributed by atoms with E-state index in [9.17, 15) is 4.79 Å². The summed E-state index contributed by atoms with van der Waals surface area (Å²) < 4.78 is 18.7. The molecule has 0 saturated carbocycles. The second-order valence-electron chi connectivity index (χ2n) is 7.77. The van der Waals surface area contributed by atoms with Gasteiger partial charge < -0.3 is 23.7 Å². The lowest BCUT2D eigenvalue weighted by Gasteiger charge is -2.17. The van der Waals surface area contributed by atoms with Crippen LogP contribution < -0.4 is 19.0 Å². The quantitative estimate of drug-likeness (QED) is 0.465. The lowest BCUT2D eigenvalue weighted by Crippen LogP contribution is -2.27. The van der Waals surface area contributed by atoms with Crippen molar-refractivity contribution in [2.75, 3.05) is 34.4 Å². The van der Waals surface area contributed by atoms with Crippen molar-refractivity contribution >= 4 is 22.9 Å². The third kappa shape index (κ3) is 5.22. The lowest BCUT2D eigenvalue weighted by molar-refractivity contribution is -0.127. The van der Waals surface area contributed by atoms with Crippen molar-refractivity contribution in [2.45, 2.75) is 25.8 Å². The molecule has 3 aromatic rings. The number of carbonyl (C=O) groups is 1. The summed E-state index contributed by atoms with van der Waals surface area (Å²) in [6, 6.07) is 13.5. The first kappa shape index (κ1) is 22.9. The Hall–Kier alpha value is -3.26. The molecule has 1 fully saturated rings. The molecule has 2 heterocycles. The van der Waals surface area contributed by atoms with Crippen molar-refractivity contribution in [3.8, 4) is 28.5 Å². The van der Waals surface area contributed by atoms with Crippen molar-refractivity contribution in [3.05, 3.63) is 52.6 Å². The fraction of sp³-hybridized carbons (Fsp3) is 0.360. The summed E-state index contributed by atoms with van der Waals surface area (Å²) in [4.78, 5) is 19.8. The Balaban J connectivity index is 1.73. The topological polar surface area (TPSA) is 65.3 Å². The first-order valence-corrected chi connectivity index (χ1v) is 11.9. The van der Waals surface area contributed by atoms with E-state index in [0.717, 1.165) is 71.5 Å². The molecule has 7 nitrogen and oxygen atoms in total. The molecule has 1 aromatic heterocycles. The number of rotatable bonds is 9. The number of benzene rings is 2. The monoisotopic (exact) mass is 467 g/mol. The molecule has 0 aliphatic carbocycles. The molecule has 0 unspecified atom stereocenters. The van der Waals surface area contributed by atoms with E-state index < -0.39 is 0 Å². The van der Waals surface area contributed by atoms with Gasteiger partial charge in [-0.2, -0.15) is 0 Å². The van der Waals surface area contributed by atoms with Crippen LogP contribution in [0.4, 0.5) is 5.69 Å². The molecule has 2 aromatic carbocycles. The highest BCUT2D eigenvalue weighted by Crippen LogP contribution is 2.34. The van der Waals surface area contributed by atoms with E-state index >= 15 is 0 Å². The number of hydrogen-bond acceptors (Lipinski definition) is 6. The van der Waals surface area contributed by atoms with Crippen LogP contribution in [0.5, 0.6) is 17.2 Å². The van der Waals surface area contributed by atoms with Gasteiger partial charge in [0.2, 0.25) is 5.91 Å². The van der Waals surface area contributed by atoms with Gasteiger partial charge in [-0.3, -0.25) is 4.79 Å². The number of methoxy groups -OCH3 is 3. The predicted octanol–water partition coefficient (Wildman–Crippen LogP) is 4.49. The molecular weight excluding hydrogens is 438 g/mol. The fourth-order valence-electron chi connectivity index (χ4n) is 4.02. The maximum Gasteiger partial charge on any atom is 0.222 e. The average Bonchev–Trinajstić information content (AvgIpc) is 3.44. The fourth-order valence-corrected chi connectivity index (χ4v) is 4.96. The zero-order valence-electron chi connectivity index (χ0n) is 19.2. The molecule has 1 amide bonds. The van der Waals surface area contributed by atoms with Gasteiger partial charge in [0.1, 0.15) is 17.2 Å². The molecule has 8 heteroatoms. The number of likely N-dealkylation sites (tertiary alicyclic amines) is 1.